The topological polar surface area (TPSA) is 141 Å². The van der Waals surface area contributed by atoms with Crippen LogP contribution in [0.4, 0.5) is 5.69 Å². The first-order chi connectivity index (χ1) is 11.7. The van der Waals surface area contributed by atoms with Crippen LogP contribution in [-0.4, -0.2) is 39.1 Å². The summed E-state index contributed by atoms with van der Waals surface area (Å²) in [5.74, 6) is -3.46. The minimum absolute atomic E-state index is 0.0833. The summed E-state index contributed by atoms with van der Waals surface area (Å²) in [4.78, 5) is 42.0. The smallest absolute Gasteiger partial charge is 0.337 e. The molecule has 130 valence electrons. The zero-order valence-corrected chi connectivity index (χ0v) is 13.1. The summed E-state index contributed by atoms with van der Waals surface area (Å²) in [5.41, 5.74) is 0.584. The number of hydrogen-bond acceptors (Lipinski definition) is 4. The molecule has 2 aromatic rings. The Morgan fingerprint density at radius 1 is 0.720 bits per heavy atom. The maximum atomic E-state index is 10.7. The standard InChI is InChI=1S/C9H9NO3.C8H6O4/c1-6(11)10-8-5-3-2-4-7(8)9(12)13;9-7(10)5-1-2-6(4-3-5)8(11)12/h2-5H,1H3,(H,10,11)(H,12,13);1-4H,(H,9,10)(H,11,12). The molecule has 8 nitrogen and oxygen atoms in total. The SMILES string of the molecule is CC(=O)Nc1ccccc1C(=O)O.O=C(O)c1ccc(C(=O)O)cc1. The van der Waals surface area contributed by atoms with Gasteiger partial charge in [0.2, 0.25) is 5.91 Å². The molecule has 0 heterocycles. The first kappa shape index (κ1) is 19.4. The van der Waals surface area contributed by atoms with Crippen LogP contribution in [0.2, 0.25) is 0 Å². The van der Waals surface area contributed by atoms with Crippen molar-refractivity contribution in [3.8, 4) is 0 Å². The number of nitrogens with one attached hydrogen (secondary N) is 1. The summed E-state index contributed by atoms with van der Waals surface area (Å²) in [7, 11) is 0. The Labute approximate surface area is 142 Å². The molecular formula is C17H15NO7. The number of para-hydroxylation sites is 1. The van der Waals surface area contributed by atoms with Gasteiger partial charge < -0.3 is 20.6 Å². The number of rotatable bonds is 4. The fraction of sp³-hybridized carbons (Fsp3) is 0.0588. The van der Waals surface area contributed by atoms with Gasteiger partial charge in [0.05, 0.1) is 22.4 Å². The highest BCUT2D eigenvalue weighted by molar-refractivity contribution is 5.99. The van der Waals surface area contributed by atoms with Crippen molar-refractivity contribution in [2.75, 3.05) is 5.32 Å². The van der Waals surface area contributed by atoms with E-state index in [1.165, 1.54) is 37.3 Å². The lowest BCUT2D eigenvalue weighted by Crippen LogP contribution is -2.10. The third-order valence-corrected chi connectivity index (χ3v) is 2.85. The van der Waals surface area contributed by atoms with Crippen LogP contribution in [0, 0.1) is 0 Å². The molecule has 2 aromatic carbocycles. The Hall–Kier alpha value is -3.68. The van der Waals surface area contributed by atoms with Crippen molar-refractivity contribution < 1.29 is 34.5 Å². The number of aromatic carboxylic acids is 3. The highest BCUT2D eigenvalue weighted by atomic mass is 16.4. The van der Waals surface area contributed by atoms with Crippen molar-refractivity contribution in [1.29, 1.82) is 0 Å². The van der Waals surface area contributed by atoms with Crippen LogP contribution in [0.1, 0.15) is 38.0 Å². The van der Waals surface area contributed by atoms with Crippen LogP contribution >= 0.6 is 0 Å². The highest BCUT2D eigenvalue weighted by Crippen LogP contribution is 2.14. The monoisotopic (exact) mass is 345 g/mol. The van der Waals surface area contributed by atoms with Crippen LogP contribution < -0.4 is 5.32 Å². The van der Waals surface area contributed by atoms with Crippen molar-refractivity contribution >= 4 is 29.5 Å². The Kier molecular flexibility index (Phi) is 6.83. The van der Waals surface area contributed by atoms with Crippen LogP contribution in [0.25, 0.3) is 0 Å². The van der Waals surface area contributed by atoms with E-state index in [0.717, 1.165) is 0 Å². The molecule has 0 aliphatic rings. The van der Waals surface area contributed by atoms with E-state index in [2.05, 4.69) is 5.32 Å². The summed E-state index contributed by atoms with van der Waals surface area (Å²) < 4.78 is 0. The molecule has 0 bridgehead atoms. The molecule has 0 aliphatic carbocycles. The average Bonchev–Trinajstić information content (AvgIpc) is 2.55. The largest absolute Gasteiger partial charge is 0.478 e. The van der Waals surface area contributed by atoms with Crippen molar-refractivity contribution in [3.63, 3.8) is 0 Å². The molecule has 0 atom stereocenters. The average molecular weight is 345 g/mol. The van der Waals surface area contributed by atoms with Gasteiger partial charge in [-0.1, -0.05) is 12.1 Å². The van der Waals surface area contributed by atoms with Gasteiger partial charge in [-0.15, -0.1) is 0 Å². The number of carbonyl (C=O) groups is 4. The maximum absolute atomic E-state index is 10.7. The van der Waals surface area contributed by atoms with Crippen LogP contribution in [0.3, 0.4) is 0 Å². The first-order valence-corrected chi connectivity index (χ1v) is 6.89. The normalized spacial score (nSPS) is 9.32. The van der Waals surface area contributed by atoms with Gasteiger partial charge in [0, 0.05) is 6.92 Å². The van der Waals surface area contributed by atoms with E-state index in [-0.39, 0.29) is 22.6 Å². The molecule has 0 aliphatic heterocycles. The molecule has 2 rings (SSSR count). The third kappa shape index (κ3) is 6.14. The molecular weight excluding hydrogens is 330 g/mol. The van der Waals surface area contributed by atoms with E-state index in [1.807, 2.05) is 0 Å². The number of carboxylic acid groups (broad SMARTS) is 3. The second kappa shape index (κ2) is 8.82. The lowest BCUT2D eigenvalue weighted by Gasteiger charge is -2.04. The summed E-state index contributed by atoms with van der Waals surface area (Å²) in [5, 5.41) is 28.1. The van der Waals surface area contributed by atoms with Crippen molar-refractivity contribution in [1.82, 2.24) is 0 Å². The molecule has 0 radical (unpaired) electrons. The lowest BCUT2D eigenvalue weighted by molar-refractivity contribution is -0.114. The van der Waals surface area contributed by atoms with E-state index < -0.39 is 17.9 Å². The number of anilines is 1. The summed E-state index contributed by atoms with van der Waals surface area (Å²) in [6, 6.07) is 11.3. The Morgan fingerprint density at radius 3 is 1.52 bits per heavy atom. The maximum Gasteiger partial charge on any atom is 0.337 e. The van der Waals surface area contributed by atoms with Gasteiger partial charge in [0.15, 0.2) is 0 Å². The number of hydrogen-bond donors (Lipinski definition) is 4. The minimum atomic E-state index is -1.06. The van der Waals surface area contributed by atoms with Gasteiger partial charge in [0.25, 0.3) is 0 Å². The molecule has 1 amide bonds. The van der Waals surface area contributed by atoms with Crippen LogP contribution in [0.15, 0.2) is 48.5 Å². The predicted molar refractivity (Wildman–Crippen MR) is 88.1 cm³/mol. The number of carbonyl (C=O) groups excluding carboxylic acids is 1. The van der Waals surface area contributed by atoms with Gasteiger partial charge in [0.1, 0.15) is 0 Å². The third-order valence-electron chi connectivity index (χ3n) is 2.85. The summed E-state index contributed by atoms with van der Waals surface area (Å²) in [6.07, 6.45) is 0. The Morgan fingerprint density at radius 2 is 1.16 bits per heavy atom. The van der Waals surface area contributed by atoms with E-state index in [1.54, 1.807) is 18.2 Å². The molecule has 0 spiro atoms. The molecule has 0 aromatic heterocycles. The zero-order valence-electron chi connectivity index (χ0n) is 13.1. The number of carboxylic acids is 3. The van der Waals surface area contributed by atoms with E-state index >= 15 is 0 Å². The molecule has 0 unspecified atom stereocenters. The van der Waals surface area contributed by atoms with Crippen molar-refractivity contribution in [3.05, 3.63) is 65.2 Å². The first-order valence-electron chi connectivity index (χ1n) is 6.89. The second-order valence-electron chi connectivity index (χ2n) is 4.72. The van der Waals surface area contributed by atoms with Gasteiger partial charge in [-0.25, -0.2) is 14.4 Å². The van der Waals surface area contributed by atoms with Crippen LogP contribution in [0.5, 0.6) is 0 Å². The van der Waals surface area contributed by atoms with Gasteiger partial charge in [-0.05, 0) is 36.4 Å². The molecule has 25 heavy (non-hydrogen) atoms. The van der Waals surface area contributed by atoms with Gasteiger partial charge in [-0.3, -0.25) is 4.79 Å². The molecule has 0 saturated carbocycles. The molecule has 0 saturated heterocycles. The number of benzene rings is 2. The minimum Gasteiger partial charge on any atom is -0.478 e. The predicted octanol–water partition coefficient (Wildman–Crippen LogP) is 2.43. The highest BCUT2D eigenvalue weighted by Gasteiger charge is 2.09. The lowest BCUT2D eigenvalue weighted by atomic mass is 10.1. The fourth-order valence-corrected chi connectivity index (χ4v) is 1.72. The molecule has 4 N–H and O–H groups in total. The van der Waals surface area contributed by atoms with Crippen molar-refractivity contribution in [2.24, 2.45) is 0 Å². The molecule has 8 heteroatoms. The summed E-state index contributed by atoms with van der Waals surface area (Å²) >= 11 is 0. The van der Waals surface area contributed by atoms with Crippen LogP contribution in [-0.2, 0) is 4.79 Å². The van der Waals surface area contributed by atoms with E-state index in [4.69, 9.17) is 15.3 Å². The Bertz CT molecular complexity index is 764. The zero-order chi connectivity index (χ0) is 19.0. The van der Waals surface area contributed by atoms with E-state index in [0.29, 0.717) is 5.69 Å². The van der Waals surface area contributed by atoms with Gasteiger partial charge >= 0.3 is 17.9 Å². The van der Waals surface area contributed by atoms with Crippen molar-refractivity contribution in [2.45, 2.75) is 6.92 Å². The summed E-state index contributed by atoms with van der Waals surface area (Å²) in [6.45, 7) is 1.33. The molecule has 0 fully saturated rings. The second-order valence-corrected chi connectivity index (χ2v) is 4.72. The Balaban J connectivity index is 0.000000251. The van der Waals surface area contributed by atoms with Gasteiger partial charge in [-0.2, -0.15) is 0 Å². The van der Waals surface area contributed by atoms with E-state index in [9.17, 15) is 19.2 Å². The quantitative estimate of drug-likeness (QED) is 0.667. The number of amides is 1. The fourth-order valence-electron chi connectivity index (χ4n) is 1.72.